The van der Waals surface area contributed by atoms with E-state index in [1.807, 2.05) is 12.1 Å². The van der Waals surface area contributed by atoms with Gasteiger partial charge in [0.15, 0.2) is 0 Å². The van der Waals surface area contributed by atoms with Crippen molar-refractivity contribution in [1.29, 1.82) is 0 Å². The number of nitrogens with zero attached hydrogens (tertiary/aromatic N) is 1. The standard InChI is InChI=1S/C14H13F2N3S/c15-11-6-10(14(17)20)7-12(16)13(11)19-5-3-9-2-1-4-18-8-9/h1-2,4,6-8,19H,3,5H2,(H2,17,20). The normalized spacial score (nSPS) is 10.3. The summed E-state index contributed by atoms with van der Waals surface area (Å²) in [6, 6.07) is 5.96. The minimum atomic E-state index is -0.709. The number of hydrogen-bond donors (Lipinski definition) is 2. The minimum Gasteiger partial charge on any atom is -0.389 e. The molecule has 0 spiro atoms. The number of nitrogens with two attached hydrogens (primary N) is 1. The van der Waals surface area contributed by atoms with Crippen molar-refractivity contribution in [2.45, 2.75) is 6.42 Å². The molecule has 0 aliphatic carbocycles. The lowest BCUT2D eigenvalue weighted by atomic mass is 10.1. The SMILES string of the molecule is NC(=S)c1cc(F)c(NCCc2cccnc2)c(F)c1. The van der Waals surface area contributed by atoms with E-state index in [1.165, 1.54) is 0 Å². The van der Waals surface area contributed by atoms with Crippen LogP contribution in [-0.4, -0.2) is 16.5 Å². The highest BCUT2D eigenvalue weighted by Crippen LogP contribution is 2.20. The molecular formula is C14H13F2N3S. The van der Waals surface area contributed by atoms with Gasteiger partial charge in [0.05, 0.1) is 0 Å². The van der Waals surface area contributed by atoms with E-state index in [1.54, 1.807) is 12.4 Å². The Kier molecular flexibility index (Phi) is 4.57. The lowest BCUT2D eigenvalue weighted by Crippen LogP contribution is -2.13. The van der Waals surface area contributed by atoms with Crippen molar-refractivity contribution in [1.82, 2.24) is 4.98 Å². The van der Waals surface area contributed by atoms with Gasteiger partial charge in [0.1, 0.15) is 22.3 Å². The summed E-state index contributed by atoms with van der Waals surface area (Å²) in [5, 5.41) is 2.73. The number of benzene rings is 1. The fraction of sp³-hybridized carbons (Fsp3) is 0.143. The van der Waals surface area contributed by atoms with Gasteiger partial charge in [-0.15, -0.1) is 0 Å². The summed E-state index contributed by atoms with van der Waals surface area (Å²) in [6.07, 6.45) is 4.00. The summed E-state index contributed by atoms with van der Waals surface area (Å²) >= 11 is 4.69. The van der Waals surface area contributed by atoms with Gasteiger partial charge in [-0.05, 0) is 30.2 Å². The molecule has 0 radical (unpaired) electrons. The van der Waals surface area contributed by atoms with E-state index in [0.717, 1.165) is 17.7 Å². The van der Waals surface area contributed by atoms with Gasteiger partial charge < -0.3 is 11.1 Å². The van der Waals surface area contributed by atoms with Crippen molar-refractivity contribution in [2.75, 3.05) is 11.9 Å². The molecule has 104 valence electrons. The van der Waals surface area contributed by atoms with Crippen LogP contribution in [0.2, 0.25) is 0 Å². The van der Waals surface area contributed by atoms with Gasteiger partial charge in [0, 0.05) is 24.5 Å². The number of thiocarbonyl (C=S) groups is 1. The third kappa shape index (κ3) is 3.48. The van der Waals surface area contributed by atoms with Crippen LogP contribution in [0.1, 0.15) is 11.1 Å². The highest BCUT2D eigenvalue weighted by molar-refractivity contribution is 7.80. The van der Waals surface area contributed by atoms with Gasteiger partial charge in [-0.25, -0.2) is 8.78 Å². The molecule has 0 saturated heterocycles. The first-order valence-corrected chi connectivity index (χ1v) is 6.40. The fourth-order valence-electron chi connectivity index (χ4n) is 1.76. The number of halogens is 2. The largest absolute Gasteiger partial charge is 0.389 e. The van der Waals surface area contributed by atoms with E-state index in [0.29, 0.717) is 13.0 Å². The van der Waals surface area contributed by atoms with Crippen LogP contribution >= 0.6 is 12.2 Å². The van der Waals surface area contributed by atoms with Crippen molar-refractivity contribution in [3.63, 3.8) is 0 Å². The Morgan fingerprint density at radius 2 is 2.00 bits per heavy atom. The van der Waals surface area contributed by atoms with Gasteiger partial charge in [-0.2, -0.15) is 0 Å². The van der Waals surface area contributed by atoms with Crippen molar-refractivity contribution >= 4 is 22.9 Å². The van der Waals surface area contributed by atoms with Gasteiger partial charge in [-0.3, -0.25) is 4.98 Å². The maximum atomic E-state index is 13.8. The summed E-state index contributed by atoms with van der Waals surface area (Å²) in [5.74, 6) is -1.42. The second-order valence-corrected chi connectivity index (χ2v) is 4.66. The molecule has 0 aliphatic rings. The fourth-order valence-corrected chi connectivity index (χ4v) is 1.88. The van der Waals surface area contributed by atoms with Crippen LogP contribution in [0.5, 0.6) is 0 Å². The Balaban J connectivity index is 2.05. The number of rotatable bonds is 5. The van der Waals surface area contributed by atoms with Gasteiger partial charge in [0.25, 0.3) is 0 Å². The first-order chi connectivity index (χ1) is 9.58. The molecule has 0 saturated carbocycles. The maximum absolute atomic E-state index is 13.8. The minimum absolute atomic E-state index is 0.0373. The van der Waals surface area contributed by atoms with Crippen LogP contribution < -0.4 is 11.1 Å². The Morgan fingerprint density at radius 3 is 2.55 bits per heavy atom. The molecule has 0 fully saturated rings. The predicted molar refractivity (Wildman–Crippen MR) is 78.7 cm³/mol. The third-order valence-corrected chi connectivity index (χ3v) is 3.00. The molecule has 6 heteroatoms. The zero-order chi connectivity index (χ0) is 14.5. The first-order valence-electron chi connectivity index (χ1n) is 5.99. The number of pyridine rings is 1. The number of nitrogens with one attached hydrogen (secondary N) is 1. The van der Waals surface area contributed by atoms with Crippen molar-refractivity contribution in [3.05, 3.63) is 59.4 Å². The summed E-state index contributed by atoms with van der Waals surface area (Å²) < 4.78 is 27.5. The van der Waals surface area contributed by atoms with Crippen LogP contribution in [0.3, 0.4) is 0 Å². The summed E-state index contributed by atoms with van der Waals surface area (Å²) in [6.45, 7) is 0.395. The molecule has 0 aliphatic heterocycles. The topological polar surface area (TPSA) is 50.9 Å². The molecule has 2 aromatic rings. The molecule has 0 bridgehead atoms. The zero-order valence-electron chi connectivity index (χ0n) is 10.6. The Bertz CT molecular complexity index is 594. The van der Waals surface area contributed by atoms with Crippen LogP contribution in [0.4, 0.5) is 14.5 Å². The van der Waals surface area contributed by atoms with Gasteiger partial charge in [0.2, 0.25) is 0 Å². The molecule has 1 heterocycles. The highest BCUT2D eigenvalue weighted by Gasteiger charge is 2.11. The summed E-state index contributed by atoms with van der Waals surface area (Å²) in [4.78, 5) is 3.93. The summed E-state index contributed by atoms with van der Waals surface area (Å²) in [7, 11) is 0. The molecule has 20 heavy (non-hydrogen) atoms. The van der Waals surface area contributed by atoms with Crippen molar-refractivity contribution < 1.29 is 8.78 Å². The van der Waals surface area contributed by atoms with E-state index in [2.05, 4.69) is 10.3 Å². The molecule has 0 atom stereocenters. The maximum Gasteiger partial charge on any atom is 0.150 e. The van der Waals surface area contributed by atoms with E-state index < -0.39 is 11.6 Å². The Labute approximate surface area is 120 Å². The number of hydrogen-bond acceptors (Lipinski definition) is 3. The summed E-state index contributed by atoms with van der Waals surface area (Å²) in [5.41, 5.74) is 6.34. The van der Waals surface area contributed by atoms with Gasteiger partial charge >= 0.3 is 0 Å². The first kappa shape index (κ1) is 14.3. The van der Waals surface area contributed by atoms with Gasteiger partial charge in [-0.1, -0.05) is 18.3 Å². The molecule has 3 N–H and O–H groups in total. The second-order valence-electron chi connectivity index (χ2n) is 4.22. The smallest absolute Gasteiger partial charge is 0.150 e. The monoisotopic (exact) mass is 293 g/mol. The highest BCUT2D eigenvalue weighted by atomic mass is 32.1. The lowest BCUT2D eigenvalue weighted by Gasteiger charge is -2.10. The van der Waals surface area contributed by atoms with E-state index in [-0.39, 0.29) is 16.2 Å². The molecule has 1 aromatic heterocycles. The molecular weight excluding hydrogens is 280 g/mol. The van der Waals surface area contributed by atoms with Crippen molar-refractivity contribution in [3.8, 4) is 0 Å². The van der Waals surface area contributed by atoms with E-state index in [9.17, 15) is 8.78 Å². The predicted octanol–water partition coefficient (Wildman–Crippen LogP) is 2.65. The molecule has 0 unspecified atom stereocenters. The third-order valence-electron chi connectivity index (χ3n) is 2.76. The van der Waals surface area contributed by atoms with Crippen molar-refractivity contribution in [2.24, 2.45) is 5.73 Å². The Hall–Kier alpha value is -2.08. The molecule has 0 amide bonds. The van der Waals surface area contributed by atoms with Crippen LogP contribution in [-0.2, 0) is 6.42 Å². The van der Waals surface area contributed by atoms with E-state index >= 15 is 0 Å². The van der Waals surface area contributed by atoms with Crippen LogP contribution in [0, 0.1) is 11.6 Å². The molecule has 3 nitrogen and oxygen atoms in total. The average molecular weight is 293 g/mol. The van der Waals surface area contributed by atoms with E-state index in [4.69, 9.17) is 18.0 Å². The molecule has 1 aromatic carbocycles. The van der Waals surface area contributed by atoms with Crippen LogP contribution in [0.25, 0.3) is 0 Å². The average Bonchev–Trinajstić information content (AvgIpc) is 2.42. The Morgan fingerprint density at radius 1 is 1.30 bits per heavy atom. The molecule has 2 rings (SSSR count). The van der Waals surface area contributed by atoms with Crippen LogP contribution in [0.15, 0.2) is 36.7 Å². The lowest BCUT2D eigenvalue weighted by molar-refractivity contribution is 0.587. The zero-order valence-corrected chi connectivity index (χ0v) is 11.4. The second kappa shape index (κ2) is 6.38. The number of anilines is 1. The quantitative estimate of drug-likeness (QED) is 0.832. The number of aromatic nitrogens is 1.